The largest absolute Gasteiger partial charge is 0.495 e. The molecular formula is C15H22N2O5S2. The first-order chi connectivity index (χ1) is 11.3. The van der Waals surface area contributed by atoms with Crippen LogP contribution < -0.4 is 13.8 Å². The molecule has 1 N–H and O–H groups in total. The highest BCUT2D eigenvalue weighted by atomic mass is 32.2. The third-order valence-corrected chi connectivity index (χ3v) is 8.27. The van der Waals surface area contributed by atoms with E-state index in [2.05, 4.69) is 4.72 Å². The molecule has 1 aliphatic carbocycles. The molecule has 2 fully saturated rings. The van der Waals surface area contributed by atoms with Gasteiger partial charge in [-0.2, -0.15) is 0 Å². The fourth-order valence-electron chi connectivity index (χ4n) is 3.30. The number of ether oxygens (including phenoxy) is 1. The maximum absolute atomic E-state index is 12.4. The lowest BCUT2D eigenvalue weighted by molar-refractivity contribution is 0.415. The van der Waals surface area contributed by atoms with Crippen molar-refractivity contribution in [1.82, 2.24) is 0 Å². The summed E-state index contributed by atoms with van der Waals surface area (Å²) in [5.74, 6) is 0.498. The molecule has 0 aromatic heterocycles. The summed E-state index contributed by atoms with van der Waals surface area (Å²) in [5.41, 5.74) is 0.737. The number of rotatable bonds is 5. The molecule has 0 spiro atoms. The first kappa shape index (κ1) is 17.3. The number of sulfonamides is 2. The Bertz CT molecular complexity index is 814. The quantitative estimate of drug-likeness (QED) is 0.850. The zero-order valence-electron chi connectivity index (χ0n) is 13.6. The molecule has 3 rings (SSSR count). The van der Waals surface area contributed by atoms with Gasteiger partial charge < -0.3 is 4.74 Å². The molecule has 2 aliphatic rings. The minimum atomic E-state index is -3.46. The van der Waals surface area contributed by atoms with E-state index in [1.807, 2.05) is 0 Å². The van der Waals surface area contributed by atoms with Crippen LogP contribution in [0.1, 0.15) is 32.1 Å². The van der Waals surface area contributed by atoms with E-state index >= 15 is 0 Å². The van der Waals surface area contributed by atoms with Crippen molar-refractivity contribution in [2.45, 2.75) is 37.4 Å². The van der Waals surface area contributed by atoms with Crippen molar-refractivity contribution in [2.24, 2.45) is 0 Å². The standard InChI is InChI=1S/C15H22N2O5S2/c1-22-15-8-7-12(16-24(20,21)13-5-2-3-6-13)11-14(15)17-9-4-10-23(17,18)19/h7-8,11,13,16H,2-6,9-10H2,1H3. The molecular weight excluding hydrogens is 352 g/mol. The zero-order valence-corrected chi connectivity index (χ0v) is 15.2. The van der Waals surface area contributed by atoms with Crippen molar-refractivity contribution in [3.63, 3.8) is 0 Å². The molecule has 24 heavy (non-hydrogen) atoms. The van der Waals surface area contributed by atoms with Crippen molar-refractivity contribution in [3.05, 3.63) is 18.2 Å². The van der Waals surface area contributed by atoms with E-state index in [1.54, 1.807) is 12.1 Å². The maximum atomic E-state index is 12.4. The van der Waals surface area contributed by atoms with E-state index in [1.165, 1.54) is 17.5 Å². The van der Waals surface area contributed by atoms with Crippen LogP contribution in [0.2, 0.25) is 0 Å². The summed E-state index contributed by atoms with van der Waals surface area (Å²) in [7, 11) is -5.37. The van der Waals surface area contributed by atoms with Gasteiger partial charge >= 0.3 is 0 Å². The Morgan fingerprint density at radius 2 is 1.92 bits per heavy atom. The summed E-state index contributed by atoms with van der Waals surface area (Å²) in [6, 6.07) is 4.72. The molecule has 1 saturated carbocycles. The van der Waals surface area contributed by atoms with Crippen LogP contribution in [0.15, 0.2) is 18.2 Å². The summed E-state index contributed by atoms with van der Waals surface area (Å²) >= 11 is 0. The SMILES string of the molecule is COc1ccc(NS(=O)(=O)C2CCCC2)cc1N1CCCS1(=O)=O. The average Bonchev–Trinajstić information content (AvgIpc) is 3.16. The Morgan fingerprint density at radius 3 is 2.50 bits per heavy atom. The maximum Gasteiger partial charge on any atom is 0.235 e. The molecule has 7 nitrogen and oxygen atoms in total. The average molecular weight is 374 g/mol. The third-order valence-electron chi connectivity index (χ3n) is 4.55. The monoisotopic (exact) mass is 374 g/mol. The molecule has 134 valence electrons. The van der Waals surface area contributed by atoms with Gasteiger partial charge in [-0.05, 0) is 37.5 Å². The molecule has 1 aliphatic heterocycles. The van der Waals surface area contributed by atoms with Gasteiger partial charge in [0.1, 0.15) is 5.75 Å². The first-order valence-electron chi connectivity index (χ1n) is 8.03. The second-order valence-electron chi connectivity index (χ2n) is 6.18. The van der Waals surface area contributed by atoms with Gasteiger partial charge in [0.15, 0.2) is 0 Å². The van der Waals surface area contributed by atoms with E-state index < -0.39 is 20.0 Å². The first-order valence-corrected chi connectivity index (χ1v) is 11.2. The highest BCUT2D eigenvalue weighted by Crippen LogP contribution is 2.36. The Balaban J connectivity index is 1.92. The molecule has 0 unspecified atom stereocenters. The topological polar surface area (TPSA) is 92.8 Å². The summed E-state index contributed by atoms with van der Waals surface area (Å²) in [4.78, 5) is 0. The molecule has 1 aromatic carbocycles. The zero-order chi connectivity index (χ0) is 17.4. The van der Waals surface area contributed by atoms with E-state index in [4.69, 9.17) is 4.74 Å². The summed E-state index contributed by atoms with van der Waals surface area (Å²) in [6.07, 6.45) is 3.72. The second kappa shape index (κ2) is 6.44. The Labute approximate surface area is 143 Å². The van der Waals surface area contributed by atoms with Crippen LogP contribution in [0.5, 0.6) is 5.75 Å². The van der Waals surface area contributed by atoms with Gasteiger partial charge in [-0.3, -0.25) is 9.03 Å². The normalized spacial score (nSPS) is 21.1. The van der Waals surface area contributed by atoms with Gasteiger partial charge in [0.25, 0.3) is 0 Å². The second-order valence-corrected chi connectivity index (χ2v) is 10.2. The number of nitrogens with one attached hydrogen (secondary N) is 1. The Morgan fingerprint density at radius 1 is 1.21 bits per heavy atom. The number of benzene rings is 1. The number of nitrogens with zero attached hydrogens (tertiary/aromatic N) is 1. The van der Waals surface area contributed by atoms with Crippen molar-refractivity contribution < 1.29 is 21.6 Å². The minimum Gasteiger partial charge on any atom is -0.495 e. The Kier molecular flexibility index (Phi) is 4.65. The van der Waals surface area contributed by atoms with Crippen molar-refractivity contribution in [2.75, 3.05) is 28.4 Å². The van der Waals surface area contributed by atoms with Crippen LogP contribution in [0, 0.1) is 0 Å². The molecule has 0 bridgehead atoms. The molecule has 9 heteroatoms. The van der Waals surface area contributed by atoms with Crippen LogP contribution in [0.25, 0.3) is 0 Å². The van der Waals surface area contributed by atoms with Gasteiger partial charge in [-0.15, -0.1) is 0 Å². The lowest BCUT2D eigenvalue weighted by Gasteiger charge is -2.21. The highest BCUT2D eigenvalue weighted by molar-refractivity contribution is 7.93. The molecule has 0 atom stereocenters. The molecule has 1 saturated heterocycles. The van der Waals surface area contributed by atoms with Crippen LogP contribution in [0.3, 0.4) is 0 Å². The smallest absolute Gasteiger partial charge is 0.235 e. The van der Waals surface area contributed by atoms with E-state index in [0.717, 1.165) is 12.8 Å². The predicted octanol–water partition coefficient (Wildman–Crippen LogP) is 1.92. The lowest BCUT2D eigenvalue weighted by atomic mass is 10.2. The van der Waals surface area contributed by atoms with E-state index in [0.29, 0.717) is 42.9 Å². The van der Waals surface area contributed by atoms with Gasteiger partial charge in [0.05, 0.1) is 29.5 Å². The van der Waals surface area contributed by atoms with E-state index in [-0.39, 0.29) is 11.0 Å². The molecule has 1 heterocycles. The number of hydrogen-bond donors (Lipinski definition) is 1. The van der Waals surface area contributed by atoms with E-state index in [9.17, 15) is 16.8 Å². The number of hydrogen-bond acceptors (Lipinski definition) is 5. The number of anilines is 2. The molecule has 0 radical (unpaired) electrons. The molecule has 1 aromatic rings. The lowest BCUT2D eigenvalue weighted by Crippen LogP contribution is -2.27. The third kappa shape index (κ3) is 3.32. The van der Waals surface area contributed by atoms with Gasteiger partial charge in [0.2, 0.25) is 20.0 Å². The number of methoxy groups -OCH3 is 1. The van der Waals surface area contributed by atoms with Crippen molar-refractivity contribution in [1.29, 1.82) is 0 Å². The Hall–Kier alpha value is -1.48. The van der Waals surface area contributed by atoms with Crippen LogP contribution >= 0.6 is 0 Å². The summed E-state index contributed by atoms with van der Waals surface area (Å²) < 4.78 is 58.4. The summed E-state index contributed by atoms with van der Waals surface area (Å²) in [5, 5.41) is -0.376. The minimum absolute atomic E-state index is 0.0915. The fraction of sp³-hybridized carbons (Fsp3) is 0.600. The highest BCUT2D eigenvalue weighted by Gasteiger charge is 2.32. The van der Waals surface area contributed by atoms with Crippen molar-refractivity contribution in [3.8, 4) is 5.75 Å². The van der Waals surface area contributed by atoms with Crippen LogP contribution in [-0.2, 0) is 20.0 Å². The van der Waals surface area contributed by atoms with Crippen LogP contribution in [-0.4, -0.2) is 41.5 Å². The predicted molar refractivity (Wildman–Crippen MR) is 93.5 cm³/mol. The summed E-state index contributed by atoms with van der Waals surface area (Å²) in [6.45, 7) is 0.373. The fourth-order valence-corrected chi connectivity index (χ4v) is 6.44. The van der Waals surface area contributed by atoms with Gasteiger partial charge in [-0.25, -0.2) is 16.8 Å². The van der Waals surface area contributed by atoms with Crippen LogP contribution in [0.4, 0.5) is 11.4 Å². The van der Waals surface area contributed by atoms with Gasteiger partial charge in [0, 0.05) is 6.54 Å². The van der Waals surface area contributed by atoms with Gasteiger partial charge in [-0.1, -0.05) is 12.8 Å². The molecule has 0 amide bonds. The van der Waals surface area contributed by atoms with Crippen molar-refractivity contribution >= 4 is 31.4 Å².